The molecule has 2 heterocycles. The zero-order valence-corrected chi connectivity index (χ0v) is 13.5. The molecule has 0 aromatic heterocycles. The Morgan fingerprint density at radius 3 is 2.65 bits per heavy atom. The fourth-order valence-corrected chi connectivity index (χ4v) is 3.07. The van der Waals surface area contributed by atoms with E-state index in [9.17, 15) is 14.9 Å². The molecule has 2 unspecified atom stereocenters. The van der Waals surface area contributed by atoms with Crippen LogP contribution in [0.15, 0.2) is 24.3 Å². The van der Waals surface area contributed by atoms with Gasteiger partial charge in [0.1, 0.15) is 5.75 Å². The zero-order valence-electron chi connectivity index (χ0n) is 12.6. The van der Waals surface area contributed by atoms with Gasteiger partial charge >= 0.3 is 0 Å². The predicted octanol–water partition coefficient (Wildman–Crippen LogP) is 1.75. The number of benzene rings is 1. The van der Waals surface area contributed by atoms with Crippen LogP contribution in [0.25, 0.3) is 0 Å². The van der Waals surface area contributed by atoms with Crippen molar-refractivity contribution in [3.63, 3.8) is 0 Å². The molecule has 2 fully saturated rings. The van der Waals surface area contributed by atoms with Crippen LogP contribution < -0.4 is 10.1 Å². The highest BCUT2D eigenvalue weighted by Crippen LogP contribution is 2.21. The second-order valence-corrected chi connectivity index (χ2v) is 5.81. The van der Waals surface area contributed by atoms with Gasteiger partial charge in [0.25, 0.3) is 11.6 Å². The van der Waals surface area contributed by atoms with E-state index < -0.39 is 4.92 Å². The second-order valence-electron chi connectivity index (χ2n) is 5.81. The summed E-state index contributed by atoms with van der Waals surface area (Å²) in [6.07, 6.45) is 3.31. The number of halogens is 1. The van der Waals surface area contributed by atoms with E-state index in [0.717, 1.165) is 25.9 Å². The van der Waals surface area contributed by atoms with Gasteiger partial charge in [0.05, 0.1) is 4.92 Å². The van der Waals surface area contributed by atoms with Crippen molar-refractivity contribution in [2.75, 3.05) is 19.7 Å². The summed E-state index contributed by atoms with van der Waals surface area (Å²) in [5.74, 6) is 0.432. The van der Waals surface area contributed by atoms with Gasteiger partial charge in [0, 0.05) is 37.3 Å². The molecule has 126 valence electrons. The van der Waals surface area contributed by atoms with Gasteiger partial charge in [-0.3, -0.25) is 14.9 Å². The Labute approximate surface area is 140 Å². The summed E-state index contributed by atoms with van der Waals surface area (Å²) in [4.78, 5) is 24.2. The van der Waals surface area contributed by atoms with Crippen molar-refractivity contribution >= 4 is 24.0 Å². The quantitative estimate of drug-likeness (QED) is 0.666. The van der Waals surface area contributed by atoms with Crippen LogP contribution in [-0.4, -0.2) is 47.5 Å². The Balaban J connectivity index is 0.00000192. The van der Waals surface area contributed by atoms with Gasteiger partial charge in [0.2, 0.25) is 0 Å². The number of nitro benzene ring substituents is 1. The predicted molar refractivity (Wildman–Crippen MR) is 87.0 cm³/mol. The number of hydrogen-bond donors (Lipinski definition) is 1. The molecule has 2 aliphatic heterocycles. The second kappa shape index (κ2) is 7.61. The lowest BCUT2D eigenvalue weighted by molar-refractivity contribution is -0.384. The van der Waals surface area contributed by atoms with E-state index in [1.807, 2.05) is 4.90 Å². The number of carbonyl (C=O) groups excluding carboxylic acids is 1. The topological polar surface area (TPSA) is 84.7 Å². The van der Waals surface area contributed by atoms with Gasteiger partial charge in [0.15, 0.2) is 6.61 Å². The largest absolute Gasteiger partial charge is 0.484 e. The standard InChI is InChI=1S/C15H19N3O4.ClH/c19-15(17-8-7-11-1-2-12(9-17)16-11)10-22-14-5-3-13(4-6-14)18(20)21;/h3-6,11-12,16H,1-2,7-10H2;1H. The lowest BCUT2D eigenvalue weighted by atomic mass is 10.1. The highest BCUT2D eigenvalue weighted by molar-refractivity contribution is 5.85. The van der Waals surface area contributed by atoms with Crippen LogP contribution in [0.1, 0.15) is 19.3 Å². The number of ether oxygens (including phenoxy) is 1. The Hall–Kier alpha value is -1.86. The molecule has 1 N–H and O–H groups in total. The van der Waals surface area contributed by atoms with E-state index in [2.05, 4.69) is 5.32 Å². The van der Waals surface area contributed by atoms with Gasteiger partial charge in [-0.1, -0.05) is 0 Å². The number of non-ortho nitro benzene ring substituents is 1. The zero-order chi connectivity index (χ0) is 15.5. The average molecular weight is 342 g/mol. The van der Waals surface area contributed by atoms with Crippen molar-refractivity contribution in [1.82, 2.24) is 10.2 Å². The summed E-state index contributed by atoms with van der Waals surface area (Å²) in [6, 6.07) is 6.70. The van der Waals surface area contributed by atoms with Crippen molar-refractivity contribution in [2.45, 2.75) is 31.3 Å². The Morgan fingerprint density at radius 1 is 1.26 bits per heavy atom. The minimum absolute atomic E-state index is 0. The van der Waals surface area contributed by atoms with E-state index in [-0.39, 0.29) is 30.6 Å². The molecule has 0 spiro atoms. The summed E-state index contributed by atoms with van der Waals surface area (Å²) in [5, 5.41) is 14.1. The fraction of sp³-hybridized carbons (Fsp3) is 0.533. The van der Waals surface area contributed by atoms with Gasteiger partial charge in [-0.05, 0) is 31.4 Å². The van der Waals surface area contributed by atoms with Gasteiger partial charge in [-0.2, -0.15) is 0 Å². The third-order valence-electron chi connectivity index (χ3n) is 4.29. The van der Waals surface area contributed by atoms with Crippen molar-refractivity contribution in [1.29, 1.82) is 0 Å². The number of likely N-dealkylation sites (tertiary alicyclic amines) is 1. The Bertz CT molecular complexity index is 566. The molecule has 2 aliphatic rings. The summed E-state index contributed by atoms with van der Waals surface area (Å²) in [6.45, 7) is 1.46. The maximum Gasteiger partial charge on any atom is 0.269 e. The molecule has 8 heteroatoms. The Morgan fingerprint density at radius 2 is 1.96 bits per heavy atom. The SMILES string of the molecule is Cl.O=C(COc1ccc([N+](=O)[O-])cc1)N1CCC2CCC(C1)N2. The monoisotopic (exact) mass is 341 g/mol. The maximum atomic E-state index is 12.2. The molecule has 0 saturated carbocycles. The third kappa shape index (κ3) is 4.33. The molecule has 2 atom stereocenters. The molecule has 0 radical (unpaired) electrons. The van der Waals surface area contributed by atoms with Gasteiger partial charge < -0.3 is 15.0 Å². The molecule has 2 saturated heterocycles. The van der Waals surface area contributed by atoms with Crippen LogP contribution >= 0.6 is 12.4 Å². The number of nitro groups is 1. The first-order chi connectivity index (χ1) is 10.6. The molecule has 1 amide bonds. The van der Waals surface area contributed by atoms with E-state index in [0.29, 0.717) is 17.8 Å². The van der Waals surface area contributed by atoms with Gasteiger partial charge in [-0.25, -0.2) is 0 Å². The number of rotatable bonds is 4. The lowest BCUT2D eigenvalue weighted by Gasteiger charge is -2.24. The van der Waals surface area contributed by atoms with Crippen molar-refractivity contribution in [3.8, 4) is 5.75 Å². The molecule has 3 rings (SSSR count). The number of hydrogen-bond acceptors (Lipinski definition) is 5. The normalized spacial score (nSPS) is 22.9. The number of nitrogens with one attached hydrogen (secondary N) is 1. The first-order valence-electron chi connectivity index (χ1n) is 7.53. The van der Waals surface area contributed by atoms with Gasteiger partial charge in [-0.15, -0.1) is 12.4 Å². The van der Waals surface area contributed by atoms with E-state index in [1.165, 1.54) is 30.7 Å². The smallest absolute Gasteiger partial charge is 0.269 e. The molecule has 0 aliphatic carbocycles. The minimum Gasteiger partial charge on any atom is -0.484 e. The molecule has 1 aromatic rings. The van der Waals surface area contributed by atoms with E-state index >= 15 is 0 Å². The molecular formula is C15H20ClN3O4. The number of fused-ring (bicyclic) bond motifs is 2. The molecular weight excluding hydrogens is 322 g/mol. The van der Waals surface area contributed by atoms with Crippen LogP contribution in [0.3, 0.4) is 0 Å². The molecule has 23 heavy (non-hydrogen) atoms. The highest BCUT2D eigenvalue weighted by Gasteiger charge is 2.31. The molecule has 7 nitrogen and oxygen atoms in total. The van der Waals surface area contributed by atoms with Crippen molar-refractivity contribution < 1.29 is 14.5 Å². The van der Waals surface area contributed by atoms with Crippen molar-refractivity contribution in [2.24, 2.45) is 0 Å². The van der Waals surface area contributed by atoms with E-state index in [1.54, 1.807) is 0 Å². The first-order valence-corrected chi connectivity index (χ1v) is 7.53. The number of carbonyl (C=O) groups is 1. The lowest BCUT2D eigenvalue weighted by Crippen LogP contribution is -2.41. The minimum atomic E-state index is -0.464. The first kappa shape index (κ1) is 17.5. The summed E-state index contributed by atoms with van der Waals surface area (Å²) < 4.78 is 5.44. The van der Waals surface area contributed by atoms with Crippen LogP contribution in [0.2, 0.25) is 0 Å². The van der Waals surface area contributed by atoms with Crippen LogP contribution in [-0.2, 0) is 4.79 Å². The summed E-state index contributed by atoms with van der Waals surface area (Å²) in [5.41, 5.74) is 0.00768. The fourth-order valence-electron chi connectivity index (χ4n) is 3.07. The average Bonchev–Trinajstić information content (AvgIpc) is 2.84. The Kier molecular flexibility index (Phi) is 5.79. The third-order valence-corrected chi connectivity index (χ3v) is 4.29. The van der Waals surface area contributed by atoms with Crippen molar-refractivity contribution in [3.05, 3.63) is 34.4 Å². The summed E-state index contributed by atoms with van der Waals surface area (Å²) in [7, 11) is 0. The van der Waals surface area contributed by atoms with Crippen LogP contribution in [0.5, 0.6) is 5.75 Å². The number of nitrogens with zero attached hydrogens (tertiary/aromatic N) is 2. The molecule has 1 aromatic carbocycles. The van der Waals surface area contributed by atoms with Crippen LogP contribution in [0.4, 0.5) is 5.69 Å². The summed E-state index contributed by atoms with van der Waals surface area (Å²) >= 11 is 0. The molecule has 2 bridgehead atoms. The van der Waals surface area contributed by atoms with E-state index in [4.69, 9.17) is 4.74 Å². The number of amides is 1. The maximum absolute atomic E-state index is 12.2. The highest BCUT2D eigenvalue weighted by atomic mass is 35.5. The van der Waals surface area contributed by atoms with Crippen LogP contribution in [0, 0.1) is 10.1 Å².